The fourth-order valence-electron chi connectivity index (χ4n) is 1.78. The van der Waals surface area contributed by atoms with Crippen LogP contribution in [0.1, 0.15) is 24.9 Å². The molecule has 1 aromatic carbocycles. The molecule has 0 fully saturated rings. The Morgan fingerprint density at radius 3 is 2.55 bits per heavy atom. The van der Waals surface area contributed by atoms with Crippen LogP contribution in [0.4, 0.5) is 4.79 Å². The van der Waals surface area contributed by atoms with Gasteiger partial charge in [-0.3, -0.25) is 0 Å². The Hall–Kier alpha value is -2.48. The minimum Gasteiger partial charge on any atom is -0.479 e. The van der Waals surface area contributed by atoms with E-state index in [4.69, 9.17) is 6.42 Å². The van der Waals surface area contributed by atoms with E-state index < -0.39 is 18.0 Å². The van der Waals surface area contributed by atoms with E-state index in [9.17, 15) is 14.7 Å². The highest BCUT2D eigenvalue weighted by atomic mass is 16.4. The van der Waals surface area contributed by atoms with E-state index in [1.807, 2.05) is 6.92 Å². The number of carbonyl (C=O) groups excluding carboxylic acids is 1. The fraction of sp³-hybridized carbons (Fsp3) is 0.333. The molecule has 1 atom stereocenters. The van der Waals surface area contributed by atoms with Gasteiger partial charge in [-0.2, -0.15) is 0 Å². The molecule has 0 bridgehead atoms. The second-order valence-corrected chi connectivity index (χ2v) is 4.26. The third kappa shape index (κ3) is 4.32. The van der Waals surface area contributed by atoms with E-state index in [-0.39, 0.29) is 6.54 Å². The third-order valence-electron chi connectivity index (χ3n) is 2.71. The van der Waals surface area contributed by atoms with Crippen LogP contribution in [0.2, 0.25) is 0 Å². The van der Waals surface area contributed by atoms with E-state index in [1.54, 1.807) is 30.3 Å². The monoisotopic (exact) mass is 274 g/mol. The van der Waals surface area contributed by atoms with Crippen LogP contribution in [0.15, 0.2) is 30.3 Å². The Bertz CT molecular complexity index is 494. The van der Waals surface area contributed by atoms with Crippen molar-refractivity contribution >= 4 is 12.0 Å². The first-order valence-electron chi connectivity index (χ1n) is 6.36. The van der Waals surface area contributed by atoms with Crippen LogP contribution in [-0.4, -0.2) is 35.1 Å². The maximum absolute atomic E-state index is 12.1. The lowest BCUT2D eigenvalue weighted by Gasteiger charge is -2.23. The van der Waals surface area contributed by atoms with Crippen molar-refractivity contribution in [1.29, 1.82) is 0 Å². The van der Waals surface area contributed by atoms with Crippen LogP contribution in [0.5, 0.6) is 0 Å². The summed E-state index contributed by atoms with van der Waals surface area (Å²) >= 11 is 0. The number of carbonyl (C=O) groups is 2. The van der Waals surface area contributed by atoms with Crippen molar-refractivity contribution in [3.8, 4) is 12.3 Å². The smallest absolute Gasteiger partial charge is 0.330 e. The number of nitrogens with one attached hydrogen (secondary N) is 1. The maximum atomic E-state index is 12.1. The van der Waals surface area contributed by atoms with Crippen molar-refractivity contribution < 1.29 is 14.7 Å². The second-order valence-electron chi connectivity index (χ2n) is 4.26. The molecule has 0 saturated carbocycles. The van der Waals surface area contributed by atoms with Gasteiger partial charge in [0, 0.05) is 6.54 Å². The number of hydrogen-bond acceptors (Lipinski definition) is 2. The molecule has 0 unspecified atom stereocenters. The topological polar surface area (TPSA) is 69.6 Å². The zero-order valence-corrected chi connectivity index (χ0v) is 11.4. The standard InChI is InChI=1S/C15H18N2O3/c1-3-10-17(11-4-2)15(20)16-13(14(18)19)12-8-6-5-7-9-12/h1,5-9,13H,4,10-11H2,2H3,(H,16,20)(H,18,19)/t13-/m0/s1. The average molecular weight is 274 g/mol. The molecule has 5 heteroatoms. The van der Waals surface area contributed by atoms with Crippen LogP contribution in [0, 0.1) is 12.3 Å². The molecular weight excluding hydrogens is 256 g/mol. The Balaban J connectivity index is 2.83. The number of rotatable bonds is 6. The van der Waals surface area contributed by atoms with Gasteiger partial charge in [0.1, 0.15) is 0 Å². The van der Waals surface area contributed by atoms with E-state index in [2.05, 4.69) is 11.2 Å². The summed E-state index contributed by atoms with van der Waals surface area (Å²) in [6.45, 7) is 2.56. The molecule has 2 N–H and O–H groups in total. The number of urea groups is 1. The van der Waals surface area contributed by atoms with Crippen LogP contribution < -0.4 is 5.32 Å². The molecule has 2 amide bonds. The number of hydrogen-bond donors (Lipinski definition) is 2. The second kappa shape index (κ2) is 7.85. The summed E-state index contributed by atoms with van der Waals surface area (Å²) in [4.78, 5) is 24.8. The summed E-state index contributed by atoms with van der Waals surface area (Å²) in [5.74, 6) is 1.28. The minimum absolute atomic E-state index is 0.154. The Morgan fingerprint density at radius 2 is 2.05 bits per heavy atom. The van der Waals surface area contributed by atoms with Crippen LogP contribution in [-0.2, 0) is 4.79 Å². The zero-order chi connectivity index (χ0) is 15.0. The van der Waals surface area contributed by atoms with Gasteiger partial charge >= 0.3 is 12.0 Å². The van der Waals surface area contributed by atoms with Crippen LogP contribution in [0.3, 0.4) is 0 Å². The predicted molar refractivity (Wildman–Crippen MR) is 76.0 cm³/mol. The normalized spacial score (nSPS) is 11.2. The molecule has 0 aromatic heterocycles. The van der Waals surface area contributed by atoms with E-state index >= 15 is 0 Å². The highest BCUT2D eigenvalue weighted by Gasteiger charge is 2.24. The molecule has 0 aliphatic carbocycles. The van der Waals surface area contributed by atoms with Gasteiger partial charge in [-0.15, -0.1) is 6.42 Å². The molecular formula is C15H18N2O3. The molecule has 5 nitrogen and oxygen atoms in total. The van der Waals surface area contributed by atoms with Crippen molar-refractivity contribution in [2.24, 2.45) is 0 Å². The number of carboxylic acids is 1. The molecule has 1 aromatic rings. The Kier molecular flexibility index (Phi) is 6.11. The number of benzene rings is 1. The highest BCUT2D eigenvalue weighted by Crippen LogP contribution is 2.13. The molecule has 20 heavy (non-hydrogen) atoms. The first kappa shape index (κ1) is 15.6. The van der Waals surface area contributed by atoms with E-state index in [0.29, 0.717) is 12.1 Å². The Labute approximate surface area is 118 Å². The van der Waals surface area contributed by atoms with Gasteiger partial charge in [-0.1, -0.05) is 43.2 Å². The zero-order valence-electron chi connectivity index (χ0n) is 11.4. The largest absolute Gasteiger partial charge is 0.479 e. The van der Waals surface area contributed by atoms with Gasteiger partial charge in [-0.05, 0) is 12.0 Å². The Morgan fingerprint density at radius 1 is 1.40 bits per heavy atom. The molecule has 0 spiro atoms. The molecule has 1 rings (SSSR count). The number of terminal acetylenes is 1. The summed E-state index contributed by atoms with van der Waals surface area (Å²) in [7, 11) is 0. The third-order valence-corrected chi connectivity index (χ3v) is 2.71. The number of amides is 2. The quantitative estimate of drug-likeness (QED) is 0.778. The molecule has 0 heterocycles. The van der Waals surface area contributed by atoms with Gasteiger partial charge < -0.3 is 15.3 Å². The molecule has 0 aliphatic heterocycles. The summed E-state index contributed by atoms with van der Waals surface area (Å²) in [5.41, 5.74) is 0.519. The minimum atomic E-state index is -1.11. The molecule has 0 aliphatic rings. The first-order valence-corrected chi connectivity index (χ1v) is 6.36. The summed E-state index contributed by atoms with van der Waals surface area (Å²) < 4.78 is 0. The van der Waals surface area contributed by atoms with Crippen LogP contribution in [0.25, 0.3) is 0 Å². The van der Waals surface area contributed by atoms with E-state index in [1.165, 1.54) is 4.90 Å². The lowest BCUT2D eigenvalue weighted by molar-refractivity contribution is -0.139. The molecule has 106 valence electrons. The summed E-state index contributed by atoms with van der Waals surface area (Å²) in [6, 6.07) is 6.99. The van der Waals surface area contributed by atoms with Crippen LogP contribution >= 0.6 is 0 Å². The predicted octanol–water partition coefficient (Wildman–Crippen LogP) is 1.87. The number of nitrogens with zero attached hydrogens (tertiary/aromatic N) is 1. The average Bonchev–Trinajstić information content (AvgIpc) is 2.45. The molecule has 0 radical (unpaired) electrons. The first-order chi connectivity index (χ1) is 9.60. The van der Waals surface area contributed by atoms with Crippen molar-refractivity contribution in [3.63, 3.8) is 0 Å². The lowest BCUT2D eigenvalue weighted by Crippen LogP contribution is -2.44. The highest BCUT2D eigenvalue weighted by molar-refractivity contribution is 5.83. The lowest BCUT2D eigenvalue weighted by atomic mass is 10.1. The summed E-state index contributed by atoms with van der Waals surface area (Å²) in [5, 5.41) is 11.7. The van der Waals surface area contributed by atoms with Crippen molar-refractivity contribution in [3.05, 3.63) is 35.9 Å². The fourth-order valence-corrected chi connectivity index (χ4v) is 1.78. The van der Waals surface area contributed by atoms with Gasteiger partial charge in [0.2, 0.25) is 0 Å². The van der Waals surface area contributed by atoms with Crippen molar-refractivity contribution in [1.82, 2.24) is 10.2 Å². The maximum Gasteiger partial charge on any atom is 0.330 e. The number of aliphatic carboxylic acids is 1. The van der Waals surface area contributed by atoms with E-state index in [0.717, 1.165) is 6.42 Å². The van der Waals surface area contributed by atoms with Gasteiger partial charge in [0.25, 0.3) is 0 Å². The van der Waals surface area contributed by atoms with Gasteiger partial charge in [0.05, 0.1) is 6.54 Å². The SMILES string of the molecule is C#CCN(CCC)C(=O)N[C@H](C(=O)O)c1ccccc1. The van der Waals surface area contributed by atoms with Crippen molar-refractivity contribution in [2.75, 3.05) is 13.1 Å². The summed E-state index contributed by atoms with van der Waals surface area (Å²) in [6.07, 6.45) is 5.96. The van der Waals surface area contributed by atoms with Crippen molar-refractivity contribution in [2.45, 2.75) is 19.4 Å². The number of carboxylic acid groups (broad SMARTS) is 1. The van der Waals surface area contributed by atoms with Gasteiger partial charge in [-0.25, -0.2) is 9.59 Å². The molecule has 0 saturated heterocycles. The van der Waals surface area contributed by atoms with Gasteiger partial charge in [0.15, 0.2) is 6.04 Å².